The summed E-state index contributed by atoms with van der Waals surface area (Å²) >= 11 is 12.0. The fourth-order valence-corrected chi connectivity index (χ4v) is 4.34. The Labute approximate surface area is 216 Å². The summed E-state index contributed by atoms with van der Waals surface area (Å²) in [6, 6.07) is 7.08. The van der Waals surface area contributed by atoms with Gasteiger partial charge in [-0.2, -0.15) is 0 Å². The minimum Gasteiger partial charge on any atom is -0.493 e. The Bertz CT molecular complexity index is 1110. The topological polar surface area (TPSA) is 85.0 Å². The second-order valence-electron chi connectivity index (χ2n) is 8.26. The summed E-state index contributed by atoms with van der Waals surface area (Å²) in [5.74, 6) is 0.806. The molecule has 0 saturated carbocycles. The first-order chi connectivity index (χ1) is 16.8. The molecule has 10 heteroatoms. The van der Waals surface area contributed by atoms with Gasteiger partial charge >= 0.3 is 0 Å². The predicted molar refractivity (Wildman–Crippen MR) is 143 cm³/mol. The summed E-state index contributed by atoms with van der Waals surface area (Å²) in [4.78, 5) is 19.5. The van der Waals surface area contributed by atoms with Gasteiger partial charge < -0.3 is 29.7 Å². The van der Waals surface area contributed by atoms with Crippen LogP contribution in [-0.2, 0) is 9.53 Å². The number of ether oxygens (including phenoxy) is 3. The number of hydrogen-bond acceptors (Lipinski definition) is 7. The van der Waals surface area contributed by atoms with Crippen molar-refractivity contribution >= 4 is 46.1 Å². The molecule has 1 amide bonds. The molecule has 3 rings (SSSR count). The molecule has 35 heavy (non-hydrogen) atoms. The highest BCUT2D eigenvalue weighted by atomic mass is 35.5. The number of pyridine rings is 1. The molecule has 0 spiro atoms. The molecule has 2 heterocycles. The van der Waals surface area contributed by atoms with E-state index in [1.165, 1.54) is 7.11 Å². The molecule has 0 saturated heterocycles. The Balaban J connectivity index is 1.95. The van der Waals surface area contributed by atoms with Crippen LogP contribution in [0.15, 0.2) is 47.9 Å². The number of para-hydroxylation sites is 1. The van der Waals surface area contributed by atoms with Crippen molar-refractivity contribution in [3.05, 3.63) is 53.0 Å². The molecule has 1 unspecified atom stereocenters. The zero-order valence-corrected chi connectivity index (χ0v) is 22.1. The minimum absolute atomic E-state index is 0.0686. The highest BCUT2D eigenvalue weighted by Gasteiger charge is 2.31. The second-order valence-corrected chi connectivity index (χ2v) is 9.08. The molecule has 1 aliphatic rings. The number of carbonyl (C=O) groups is 1. The van der Waals surface area contributed by atoms with Crippen molar-refractivity contribution in [3.8, 4) is 11.5 Å². The van der Waals surface area contributed by atoms with E-state index in [4.69, 9.17) is 38.0 Å². The van der Waals surface area contributed by atoms with Crippen LogP contribution in [0.4, 0.5) is 11.4 Å². The van der Waals surface area contributed by atoms with Crippen LogP contribution in [0.25, 0.3) is 0 Å². The van der Waals surface area contributed by atoms with Crippen LogP contribution >= 0.6 is 23.8 Å². The standard InChI is InChI=1S/C25H31ClN4O4S/c1-15-13-20(30(3)19-9-11-27-14-21(19)34-12-10-16(2)32-4)22(24(31)28-15)25(35)29-18-8-6-7-17(26)23(18)33-5/h6-9,11,14-16H,10,12-13H2,1-5H3,(H,28,31)(H,29,35)/t15-,16?/m1/s1. The molecule has 2 N–H and O–H groups in total. The van der Waals surface area contributed by atoms with Crippen molar-refractivity contribution in [3.63, 3.8) is 0 Å². The molecule has 8 nitrogen and oxygen atoms in total. The summed E-state index contributed by atoms with van der Waals surface area (Å²) < 4.78 is 16.7. The van der Waals surface area contributed by atoms with Crippen LogP contribution < -0.4 is 25.0 Å². The van der Waals surface area contributed by atoms with Gasteiger partial charge in [0, 0.05) is 44.9 Å². The van der Waals surface area contributed by atoms with Crippen molar-refractivity contribution in [2.45, 2.75) is 38.8 Å². The Morgan fingerprint density at radius 3 is 2.86 bits per heavy atom. The van der Waals surface area contributed by atoms with E-state index in [-0.39, 0.29) is 23.0 Å². The summed E-state index contributed by atoms with van der Waals surface area (Å²) in [5, 5.41) is 6.55. The monoisotopic (exact) mass is 518 g/mol. The SMILES string of the molecule is COc1c(Cl)cccc1NC(=S)C1=C(N(C)c2ccncc2OCCC(C)OC)C[C@@H](C)NC1=O. The number of methoxy groups -OCH3 is 2. The summed E-state index contributed by atoms with van der Waals surface area (Å²) in [5.41, 5.74) is 2.49. The van der Waals surface area contributed by atoms with E-state index in [9.17, 15) is 4.79 Å². The quantitative estimate of drug-likeness (QED) is 0.442. The maximum absolute atomic E-state index is 13.1. The maximum atomic E-state index is 13.1. The van der Waals surface area contributed by atoms with Gasteiger partial charge in [-0.1, -0.05) is 29.9 Å². The summed E-state index contributed by atoms with van der Waals surface area (Å²) in [7, 11) is 5.09. The number of thiocarbonyl (C=S) groups is 1. The van der Waals surface area contributed by atoms with Crippen LogP contribution in [0.1, 0.15) is 26.7 Å². The lowest BCUT2D eigenvalue weighted by Gasteiger charge is -2.33. The first kappa shape index (κ1) is 26.7. The number of aromatic nitrogens is 1. The number of nitrogens with zero attached hydrogens (tertiary/aromatic N) is 2. The largest absolute Gasteiger partial charge is 0.493 e. The first-order valence-electron chi connectivity index (χ1n) is 11.3. The summed E-state index contributed by atoms with van der Waals surface area (Å²) in [6.07, 6.45) is 4.75. The van der Waals surface area contributed by atoms with Crippen molar-refractivity contribution < 1.29 is 19.0 Å². The molecule has 0 aliphatic carbocycles. The van der Waals surface area contributed by atoms with Gasteiger partial charge in [-0.25, -0.2) is 0 Å². The number of halogens is 1. The van der Waals surface area contributed by atoms with E-state index in [0.29, 0.717) is 40.8 Å². The Kier molecular flexibility index (Phi) is 9.31. The lowest BCUT2D eigenvalue weighted by molar-refractivity contribution is -0.118. The van der Waals surface area contributed by atoms with Gasteiger partial charge in [-0.3, -0.25) is 9.78 Å². The van der Waals surface area contributed by atoms with Crippen LogP contribution in [0.2, 0.25) is 5.02 Å². The highest BCUT2D eigenvalue weighted by Crippen LogP contribution is 2.35. The van der Waals surface area contributed by atoms with E-state index in [0.717, 1.165) is 17.8 Å². The van der Waals surface area contributed by atoms with Gasteiger partial charge in [-0.05, 0) is 32.0 Å². The normalized spacial score (nSPS) is 16.4. The molecule has 1 aliphatic heterocycles. The van der Waals surface area contributed by atoms with E-state index < -0.39 is 0 Å². The number of carbonyl (C=O) groups excluding carboxylic acids is 1. The maximum Gasteiger partial charge on any atom is 0.256 e. The molecule has 2 atom stereocenters. The fourth-order valence-electron chi connectivity index (χ4n) is 3.77. The number of amides is 1. The smallest absolute Gasteiger partial charge is 0.256 e. The van der Waals surface area contributed by atoms with Crippen molar-refractivity contribution in [1.29, 1.82) is 0 Å². The third-order valence-corrected chi connectivity index (χ3v) is 6.36. The molecule has 0 fully saturated rings. The molecule has 188 valence electrons. The average Bonchev–Trinajstić information content (AvgIpc) is 2.83. The zero-order valence-electron chi connectivity index (χ0n) is 20.6. The Morgan fingerprint density at radius 1 is 1.37 bits per heavy atom. The third kappa shape index (κ3) is 6.42. The zero-order chi connectivity index (χ0) is 25.5. The summed E-state index contributed by atoms with van der Waals surface area (Å²) in [6.45, 7) is 4.41. The average molecular weight is 519 g/mol. The Morgan fingerprint density at radius 2 is 2.14 bits per heavy atom. The van der Waals surface area contributed by atoms with Crippen LogP contribution in [0.3, 0.4) is 0 Å². The van der Waals surface area contributed by atoms with Crippen LogP contribution in [0, 0.1) is 0 Å². The molecule has 1 aromatic heterocycles. The molecule has 1 aromatic carbocycles. The van der Waals surface area contributed by atoms with Crippen LogP contribution in [-0.4, -0.2) is 55.9 Å². The fraction of sp³-hybridized carbons (Fsp3) is 0.400. The van der Waals surface area contributed by atoms with Crippen molar-refractivity contribution in [1.82, 2.24) is 10.3 Å². The van der Waals surface area contributed by atoms with E-state index in [1.807, 2.05) is 31.9 Å². The first-order valence-corrected chi connectivity index (χ1v) is 12.1. The number of anilines is 2. The molecule has 0 radical (unpaired) electrons. The molecule has 2 aromatic rings. The van der Waals surface area contributed by atoms with E-state index >= 15 is 0 Å². The van der Waals surface area contributed by atoms with Crippen LogP contribution in [0.5, 0.6) is 11.5 Å². The van der Waals surface area contributed by atoms with E-state index in [1.54, 1.807) is 37.7 Å². The van der Waals surface area contributed by atoms with Gasteiger partial charge in [0.15, 0.2) is 11.5 Å². The molecular weight excluding hydrogens is 488 g/mol. The number of rotatable bonds is 10. The highest BCUT2D eigenvalue weighted by molar-refractivity contribution is 7.81. The van der Waals surface area contributed by atoms with E-state index in [2.05, 4.69) is 15.6 Å². The van der Waals surface area contributed by atoms with Crippen molar-refractivity contribution in [2.75, 3.05) is 38.1 Å². The lowest BCUT2D eigenvalue weighted by atomic mass is 9.99. The number of hydrogen-bond donors (Lipinski definition) is 2. The third-order valence-electron chi connectivity index (χ3n) is 5.75. The van der Waals surface area contributed by atoms with Gasteiger partial charge in [0.1, 0.15) is 4.99 Å². The number of nitrogens with one attached hydrogen (secondary N) is 2. The van der Waals surface area contributed by atoms with Gasteiger partial charge in [0.2, 0.25) is 0 Å². The van der Waals surface area contributed by atoms with Gasteiger partial charge in [0.25, 0.3) is 5.91 Å². The predicted octanol–water partition coefficient (Wildman–Crippen LogP) is 4.59. The lowest BCUT2D eigenvalue weighted by Crippen LogP contribution is -2.44. The van der Waals surface area contributed by atoms with Crippen molar-refractivity contribution in [2.24, 2.45) is 0 Å². The minimum atomic E-state index is -0.255. The Hall–Kier alpha value is -2.88. The van der Waals surface area contributed by atoms with Gasteiger partial charge in [0.05, 0.1) is 48.0 Å². The second kappa shape index (κ2) is 12.2. The molecule has 0 bridgehead atoms. The molecular formula is C25H31ClN4O4S. The number of benzene rings is 1. The van der Waals surface area contributed by atoms with Gasteiger partial charge in [-0.15, -0.1) is 0 Å².